The van der Waals surface area contributed by atoms with Crippen LogP contribution >= 0.6 is 0 Å². The molecule has 3 rings (SSSR count). The van der Waals surface area contributed by atoms with E-state index in [1.807, 2.05) is 48.7 Å². The molecule has 0 radical (unpaired) electrons. The molecule has 25 heavy (non-hydrogen) atoms. The van der Waals surface area contributed by atoms with Gasteiger partial charge in [-0.1, -0.05) is 55.5 Å². The van der Waals surface area contributed by atoms with E-state index in [0.717, 1.165) is 28.5 Å². The van der Waals surface area contributed by atoms with Gasteiger partial charge in [0.25, 0.3) is 0 Å². The summed E-state index contributed by atoms with van der Waals surface area (Å²) in [6, 6.07) is 15.6. The summed E-state index contributed by atoms with van der Waals surface area (Å²) < 4.78 is 5.12. The number of ether oxygens (including phenoxy) is 1. The van der Waals surface area contributed by atoms with Crippen molar-refractivity contribution in [3.8, 4) is 0 Å². The van der Waals surface area contributed by atoms with Crippen LogP contribution in [0.3, 0.4) is 0 Å². The van der Waals surface area contributed by atoms with Crippen molar-refractivity contribution in [3.63, 3.8) is 0 Å². The second kappa shape index (κ2) is 8.10. The van der Waals surface area contributed by atoms with Gasteiger partial charge in [-0.15, -0.1) is 0 Å². The Morgan fingerprint density at radius 2 is 1.96 bits per heavy atom. The van der Waals surface area contributed by atoms with Gasteiger partial charge in [0.15, 0.2) is 5.78 Å². The summed E-state index contributed by atoms with van der Waals surface area (Å²) in [5, 5.41) is 4.31. The molecule has 2 aromatic carbocycles. The highest BCUT2D eigenvalue weighted by molar-refractivity contribution is 6.11. The SMILES string of the molecule is CCc1cccc2c(C(=O)[C@H](NCCOC)c3ccccc3)c[nH]c12. The van der Waals surface area contributed by atoms with E-state index in [1.165, 1.54) is 5.56 Å². The van der Waals surface area contributed by atoms with Crippen LogP contribution in [0.25, 0.3) is 10.9 Å². The highest BCUT2D eigenvalue weighted by Gasteiger charge is 2.24. The molecule has 0 saturated carbocycles. The molecule has 1 heterocycles. The summed E-state index contributed by atoms with van der Waals surface area (Å²) in [6.45, 7) is 3.30. The highest BCUT2D eigenvalue weighted by Crippen LogP contribution is 2.26. The zero-order chi connectivity index (χ0) is 17.6. The minimum Gasteiger partial charge on any atom is -0.383 e. The fourth-order valence-electron chi connectivity index (χ4n) is 3.18. The number of methoxy groups -OCH3 is 1. The summed E-state index contributed by atoms with van der Waals surface area (Å²) >= 11 is 0. The third-order valence-electron chi connectivity index (χ3n) is 4.50. The molecule has 2 N–H and O–H groups in total. The molecular weight excluding hydrogens is 312 g/mol. The fraction of sp³-hybridized carbons (Fsp3) is 0.286. The monoisotopic (exact) mass is 336 g/mol. The third kappa shape index (κ3) is 3.65. The summed E-state index contributed by atoms with van der Waals surface area (Å²) in [5.74, 6) is 0.0711. The average molecular weight is 336 g/mol. The Bertz CT molecular complexity index is 839. The van der Waals surface area contributed by atoms with Crippen molar-refractivity contribution in [2.45, 2.75) is 19.4 Å². The van der Waals surface area contributed by atoms with Crippen LogP contribution in [0, 0.1) is 0 Å². The lowest BCUT2D eigenvalue weighted by Crippen LogP contribution is -2.31. The number of Topliss-reactive ketones (excluding diaryl/α,β-unsaturated/α-hetero) is 1. The number of carbonyl (C=O) groups is 1. The van der Waals surface area contributed by atoms with Crippen LogP contribution in [0.4, 0.5) is 0 Å². The van der Waals surface area contributed by atoms with Crippen molar-refractivity contribution in [2.75, 3.05) is 20.3 Å². The predicted octanol–water partition coefficient (Wildman–Crippen LogP) is 3.89. The number of fused-ring (bicyclic) bond motifs is 1. The Kier molecular flexibility index (Phi) is 5.64. The molecule has 0 spiro atoms. The molecule has 1 aromatic heterocycles. The molecule has 0 fully saturated rings. The summed E-state index contributed by atoms with van der Waals surface area (Å²) in [6.07, 6.45) is 2.76. The van der Waals surface area contributed by atoms with Crippen molar-refractivity contribution < 1.29 is 9.53 Å². The van der Waals surface area contributed by atoms with E-state index in [1.54, 1.807) is 7.11 Å². The number of aromatic nitrogens is 1. The van der Waals surface area contributed by atoms with Gasteiger partial charge in [-0.05, 0) is 17.5 Å². The maximum atomic E-state index is 13.3. The molecule has 0 aliphatic rings. The van der Waals surface area contributed by atoms with Crippen molar-refractivity contribution in [2.24, 2.45) is 0 Å². The first-order valence-corrected chi connectivity index (χ1v) is 8.66. The molecule has 4 nitrogen and oxygen atoms in total. The van der Waals surface area contributed by atoms with E-state index >= 15 is 0 Å². The molecule has 0 aliphatic heterocycles. The number of H-pyrrole nitrogens is 1. The second-order valence-corrected chi connectivity index (χ2v) is 6.05. The molecule has 1 atom stereocenters. The fourth-order valence-corrected chi connectivity index (χ4v) is 3.18. The standard InChI is InChI=1S/C21H24N2O2/c1-3-15-10-7-11-17-18(14-23-19(15)17)21(24)20(22-12-13-25-2)16-8-5-4-6-9-16/h4-11,14,20,22-23H,3,12-13H2,1-2H3/t20-/m1/s1. The van der Waals surface area contributed by atoms with E-state index in [0.29, 0.717) is 13.2 Å². The maximum absolute atomic E-state index is 13.3. The Morgan fingerprint density at radius 3 is 2.68 bits per heavy atom. The van der Waals surface area contributed by atoms with Gasteiger partial charge in [-0.2, -0.15) is 0 Å². The van der Waals surface area contributed by atoms with Crippen LogP contribution in [0.5, 0.6) is 0 Å². The van der Waals surface area contributed by atoms with Crippen molar-refractivity contribution in [3.05, 3.63) is 71.4 Å². The van der Waals surface area contributed by atoms with Crippen molar-refractivity contribution in [1.29, 1.82) is 0 Å². The van der Waals surface area contributed by atoms with Crippen LogP contribution in [0.2, 0.25) is 0 Å². The number of carbonyl (C=O) groups excluding carboxylic acids is 1. The lowest BCUT2D eigenvalue weighted by Gasteiger charge is -2.18. The molecule has 3 aromatic rings. The maximum Gasteiger partial charge on any atom is 0.186 e. The molecule has 0 saturated heterocycles. The Hall–Kier alpha value is -2.43. The number of para-hydroxylation sites is 1. The largest absolute Gasteiger partial charge is 0.383 e. The summed E-state index contributed by atoms with van der Waals surface area (Å²) in [4.78, 5) is 16.6. The number of benzene rings is 2. The quantitative estimate of drug-likeness (QED) is 0.485. The molecule has 130 valence electrons. The molecule has 0 unspecified atom stereocenters. The lowest BCUT2D eigenvalue weighted by molar-refractivity contribution is 0.0938. The Morgan fingerprint density at radius 1 is 1.16 bits per heavy atom. The molecular formula is C21H24N2O2. The number of aromatic amines is 1. The van der Waals surface area contributed by atoms with Crippen LogP contribution in [-0.4, -0.2) is 31.0 Å². The van der Waals surface area contributed by atoms with Crippen molar-refractivity contribution in [1.82, 2.24) is 10.3 Å². The van der Waals surface area contributed by atoms with Gasteiger partial charge in [0, 0.05) is 36.3 Å². The van der Waals surface area contributed by atoms with Gasteiger partial charge in [-0.3, -0.25) is 4.79 Å². The van der Waals surface area contributed by atoms with Gasteiger partial charge in [-0.25, -0.2) is 0 Å². The first-order valence-electron chi connectivity index (χ1n) is 8.66. The lowest BCUT2D eigenvalue weighted by atomic mass is 9.96. The van der Waals surface area contributed by atoms with Gasteiger partial charge in [0.05, 0.1) is 12.6 Å². The van der Waals surface area contributed by atoms with E-state index in [-0.39, 0.29) is 11.8 Å². The minimum atomic E-state index is -0.388. The zero-order valence-electron chi connectivity index (χ0n) is 14.7. The van der Waals surface area contributed by atoms with Gasteiger partial charge in [0.1, 0.15) is 0 Å². The van der Waals surface area contributed by atoms with Crippen LogP contribution in [0.15, 0.2) is 54.7 Å². The first kappa shape index (κ1) is 17.4. The number of aryl methyl sites for hydroxylation is 1. The van der Waals surface area contributed by atoms with E-state index in [9.17, 15) is 4.79 Å². The predicted molar refractivity (Wildman–Crippen MR) is 101 cm³/mol. The normalized spacial score (nSPS) is 12.4. The minimum absolute atomic E-state index is 0.0711. The van der Waals surface area contributed by atoms with Gasteiger partial charge >= 0.3 is 0 Å². The van der Waals surface area contributed by atoms with Crippen LogP contribution in [-0.2, 0) is 11.2 Å². The number of nitrogens with one attached hydrogen (secondary N) is 2. The van der Waals surface area contributed by atoms with Crippen LogP contribution in [0.1, 0.15) is 34.5 Å². The van der Waals surface area contributed by atoms with E-state index in [2.05, 4.69) is 23.3 Å². The van der Waals surface area contributed by atoms with E-state index in [4.69, 9.17) is 4.74 Å². The van der Waals surface area contributed by atoms with Crippen LogP contribution < -0.4 is 5.32 Å². The topological polar surface area (TPSA) is 54.1 Å². The summed E-state index contributed by atoms with van der Waals surface area (Å²) in [5.41, 5.74) is 3.96. The number of rotatable bonds is 8. The van der Waals surface area contributed by atoms with Crippen molar-refractivity contribution >= 4 is 16.7 Å². The third-order valence-corrected chi connectivity index (χ3v) is 4.50. The highest BCUT2D eigenvalue weighted by atomic mass is 16.5. The number of hydrogen-bond donors (Lipinski definition) is 2. The smallest absolute Gasteiger partial charge is 0.186 e. The number of hydrogen-bond acceptors (Lipinski definition) is 3. The first-order chi connectivity index (χ1) is 12.3. The second-order valence-electron chi connectivity index (χ2n) is 6.05. The van der Waals surface area contributed by atoms with E-state index < -0.39 is 0 Å². The average Bonchev–Trinajstić information content (AvgIpc) is 3.09. The Labute approximate surface area is 148 Å². The molecule has 0 bridgehead atoms. The molecule has 0 aliphatic carbocycles. The number of ketones is 1. The molecule has 4 heteroatoms. The zero-order valence-corrected chi connectivity index (χ0v) is 14.7. The molecule has 0 amide bonds. The van der Waals surface area contributed by atoms with Gasteiger partial charge < -0.3 is 15.0 Å². The van der Waals surface area contributed by atoms with Gasteiger partial charge in [0.2, 0.25) is 0 Å². The summed E-state index contributed by atoms with van der Waals surface area (Å²) in [7, 11) is 1.66. The Balaban J connectivity index is 1.97.